The molecule has 1 saturated heterocycles. The Labute approximate surface area is 230 Å². The van der Waals surface area contributed by atoms with Crippen molar-refractivity contribution >= 4 is 27.3 Å². The molecule has 8 nitrogen and oxygen atoms in total. The van der Waals surface area contributed by atoms with E-state index in [1.54, 1.807) is 39.9 Å². The van der Waals surface area contributed by atoms with Gasteiger partial charge in [0.05, 0.1) is 37.4 Å². The Morgan fingerprint density at radius 2 is 1.79 bits per heavy atom. The molecule has 1 aromatic heterocycles. The molecule has 1 aliphatic rings. The van der Waals surface area contributed by atoms with Crippen LogP contribution in [0, 0.1) is 6.92 Å². The Kier molecular flexibility index (Phi) is 9.25. The van der Waals surface area contributed by atoms with Crippen LogP contribution >= 0.6 is 11.6 Å². The quantitative estimate of drug-likeness (QED) is 0.367. The molecule has 2 aromatic carbocycles. The standard InChI is InChI=1S/C28H35ClN4O4S/c1-21(2)33-24(18-30-28(33)38(35,36)20-23-9-5-7-11-26(23)29)19-32(13-12-31-14-16-37-17-15-31)27(34)25-10-6-4-8-22(25)3/h4-11,18,21H,12-17,19-20H2,1-3H3. The molecule has 0 radical (unpaired) electrons. The molecule has 0 N–H and O–H groups in total. The van der Waals surface area contributed by atoms with Gasteiger partial charge in [0.15, 0.2) is 0 Å². The fourth-order valence-corrected chi connectivity index (χ4v) is 6.59. The number of imidazole rings is 1. The zero-order chi connectivity index (χ0) is 27.3. The lowest BCUT2D eigenvalue weighted by Crippen LogP contribution is -2.43. The molecule has 0 saturated carbocycles. The second-order valence-electron chi connectivity index (χ2n) is 9.84. The van der Waals surface area contributed by atoms with Crippen molar-refractivity contribution in [2.45, 2.75) is 44.3 Å². The van der Waals surface area contributed by atoms with E-state index in [1.807, 2.05) is 45.0 Å². The van der Waals surface area contributed by atoms with Crippen LogP contribution in [0.15, 0.2) is 59.9 Å². The first kappa shape index (κ1) is 28.3. The smallest absolute Gasteiger partial charge is 0.254 e. The monoisotopic (exact) mass is 558 g/mol. The molecule has 2 heterocycles. The summed E-state index contributed by atoms with van der Waals surface area (Å²) in [5, 5.41) is 0.385. The summed E-state index contributed by atoms with van der Waals surface area (Å²) in [5.74, 6) is -0.341. The number of hydrogen-bond acceptors (Lipinski definition) is 6. The summed E-state index contributed by atoms with van der Waals surface area (Å²) in [4.78, 5) is 22.1. The Morgan fingerprint density at radius 1 is 1.11 bits per heavy atom. The van der Waals surface area contributed by atoms with Crippen molar-refractivity contribution in [2.24, 2.45) is 0 Å². The average Bonchev–Trinajstić information content (AvgIpc) is 3.33. The van der Waals surface area contributed by atoms with Gasteiger partial charge < -0.3 is 14.2 Å². The van der Waals surface area contributed by atoms with Crippen LogP contribution in [-0.2, 0) is 26.9 Å². The highest BCUT2D eigenvalue weighted by Gasteiger charge is 2.28. The van der Waals surface area contributed by atoms with Gasteiger partial charge in [-0.1, -0.05) is 48.0 Å². The summed E-state index contributed by atoms with van der Waals surface area (Å²) in [6, 6.07) is 14.3. The van der Waals surface area contributed by atoms with Gasteiger partial charge in [0.1, 0.15) is 0 Å². The van der Waals surface area contributed by atoms with Crippen LogP contribution in [-0.4, -0.2) is 73.1 Å². The fourth-order valence-electron chi connectivity index (χ4n) is 4.68. The lowest BCUT2D eigenvalue weighted by Gasteiger charge is -2.31. The minimum atomic E-state index is -3.79. The number of sulfone groups is 1. The number of ether oxygens (including phenoxy) is 1. The number of benzene rings is 2. The number of nitrogens with zero attached hydrogens (tertiary/aromatic N) is 4. The molecule has 0 aliphatic carbocycles. The molecule has 38 heavy (non-hydrogen) atoms. The van der Waals surface area contributed by atoms with Crippen molar-refractivity contribution in [1.29, 1.82) is 0 Å². The molecule has 3 aromatic rings. The van der Waals surface area contributed by atoms with Crippen LogP contribution < -0.4 is 0 Å². The van der Waals surface area contributed by atoms with Gasteiger partial charge in [-0.05, 0) is 44.0 Å². The number of amides is 1. The van der Waals surface area contributed by atoms with E-state index in [0.717, 1.165) is 18.7 Å². The Bertz CT molecular complexity index is 1370. The largest absolute Gasteiger partial charge is 0.379 e. The highest BCUT2D eigenvalue weighted by Crippen LogP contribution is 2.26. The second-order valence-corrected chi connectivity index (χ2v) is 12.1. The average molecular weight is 559 g/mol. The zero-order valence-corrected chi connectivity index (χ0v) is 23.7. The van der Waals surface area contributed by atoms with Crippen molar-refractivity contribution < 1.29 is 17.9 Å². The summed E-state index contributed by atoms with van der Waals surface area (Å²) in [6.45, 7) is 10.2. The zero-order valence-electron chi connectivity index (χ0n) is 22.1. The maximum atomic E-state index is 13.7. The van der Waals surface area contributed by atoms with Crippen molar-refractivity contribution in [3.8, 4) is 0 Å². The third-order valence-electron chi connectivity index (χ3n) is 6.74. The van der Waals surface area contributed by atoms with Gasteiger partial charge >= 0.3 is 0 Å². The maximum absolute atomic E-state index is 13.7. The first-order chi connectivity index (χ1) is 18.2. The molecule has 0 spiro atoms. The Morgan fingerprint density at radius 3 is 2.47 bits per heavy atom. The van der Waals surface area contributed by atoms with Crippen LogP contribution in [0.5, 0.6) is 0 Å². The van der Waals surface area contributed by atoms with Gasteiger partial charge in [-0.15, -0.1) is 0 Å². The van der Waals surface area contributed by atoms with E-state index in [9.17, 15) is 13.2 Å². The molecular weight excluding hydrogens is 524 g/mol. The highest BCUT2D eigenvalue weighted by molar-refractivity contribution is 7.90. The first-order valence-electron chi connectivity index (χ1n) is 12.8. The van der Waals surface area contributed by atoms with Gasteiger partial charge in [-0.25, -0.2) is 13.4 Å². The molecular formula is C28H35ClN4O4S. The second kappa shape index (κ2) is 12.4. The van der Waals surface area contributed by atoms with Crippen molar-refractivity contribution in [3.63, 3.8) is 0 Å². The normalized spacial score (nSPS) is 14.7. The van der Waals surface area contributed by atoms with E-state index in [1.165, 1.54) is 0 Å². The number of carbonyl (C=O) groups excluding carboxylic acids is 1. The van der Waals surface area contributed by atoms with Gasteiger partial charge in [-0.2, -0.15) is 0 Å². The molecule has 1 aliphatic heterocycles. The van der Waals surface area contributed by atoms with E-state index in [-0.39, 0.29) is 29.4 Å². The molecule has 0 atom stereocenters. The van der Waals surface area contributed by atoms with Crippen LogP contribution in [0.1, 0.15) is 47.1 Å². The number of aryl methyl sites for hydroxylation is 1. The summed E-state index contributed by atoms with van der Waals surface area (Å²) in [6.07, 6.45) is 1.58. The van der Waals surface area contributed by atoms with Gasteiger partial charge in [0.2, 0.25) is 15.0 Å². The number of halogens is 1. The summed E-state index contributed by atoms with van der Waals surface area (Å²) in [5.41, 5.74) is 2.73. The number of carbonyl (C=O) groups is 1. The van der Waals surface area contributed by atoms with Gasteiger partial charge in [-0.3, -0.25) is 9.69 Å². The number of hydrogen-bond donors (Lipinski definition) is 0. The van der Waals surface area contributed by atoms with E-state index in [0.29, 0.717) is 48.1 Å². The molecule has 10 heteroatoms. The SMILES string of the molecule is Cc1ccccc1C(=O)N(CCN1CCOCC1)Cc1cnc(S(=O)(=O)Cc2ccccc2Cl)n1C(C)C. The first-order valence-corrected chi connectivity index (χ1v) is 14.9. The predicted octanol–water partition coefficient (Wildman–Crippen LogP) is 4.37. The molecule has 204 valence electrons. The third kappa shape index (κ3) is 6.64. The summed E-state index contributed by atoms with van der Waals surface area (Å²) < 4.78 is 34.1. The number of morpholine rings is 1. The fraction of sp³-hybridized carbons (Fsp3) is 0.429. The topological polar surface area (TPSA) is 84.7 Å². The van der Waals surface area contributed by atoms with E-state index < -0.39 is 9.84 Å². The third-order valence-corrected chi connectivity index (χ3v) is 8.66. The van der Waals surface area contributed by atoms with E-state index in [2.05, 4.69) is 9.88 Å². The molecule has 0 unspecified atom stereocenters. The molecule has 0 bridgehead atoms. The Balaban J connectivity index is 1.64. The lowest BCUT2D eigenvalue weighted by atomic mass is 10.1. The van der Waals surface area contributed by atoms with E-state index >= 15 is 0 Å². The minimum absolute atomic E-state index is 0.0149. The molecule has 4 rings (SSSR count). The lowest BCUT2D eigenvalue weighted by molar-refractivity contribution is 0.0318. The summed E-state index contributed by atoms with van der Waals surface area (Å²) >= 11 is 6.25. The number of rotatable bonds is 10. The van der Waals surface area contributed by atoms with Crippen molar-refractivity contribution in [1.82, 2.24) is 19.4 Å². The molecule has 1 amide bonds. The number of aromatic nitrogens is 2. The maximum Gasteiger partial charge on any atom is 0.254 e. The molecule has 1 fully saturated rings. The predicted molar refractivity (Wildman–Crippen MR) is 148 cm³/mol. The van der Waals surface area contributed by atoms with Crippen molar-refractivity contribution in [2.75, 3.05) is 39.4 Å². The van der Waals surface area contributed by atoms with Crippen LogP contribution in [0.25, 0.3) is 0 Å². The van der Waals surface area contributed by atoms with Crippen molar-refractivity contribution in [3.05, 3.63) is 82.1 Å². The van der Waals surface area contributed by atoms with Crippen LogP contribution in [0.2, 0.25) is 5.02 Å². The van der Waals surface area contributed by atoms with Gasteiger partial charge in [0.25, 0.3) is 5.91 Å². The van der Waals surface area contributed by atoms with Crippen LogP contribution in [0.4, 0.5) is 0 Å². The highest BCUT2D eigenvalue weighted by atomic mass is 35.5. The Hall–Kier alpha value is -2.72. The van der Waals surface area contributed by atoms with Gasteiger partial charge in [0, 0.05) is 42.8 Å². The van der Waals surface area contributed by atoms with Crippen LogP contribution in [0.3, 0.4) is 0 Å². The van der Waals surface area contributed by atoms with E-state index in [4.69, 9.17) is 16.3 Å². The summed E-state index contributed by atoms with van der Waals surface area (Å²) in [7, 11) is -3.79. The minimum Gasteiger partial charge on any atom is -0.379 e.